The molecule has 2 rings (SSSR count). The van der Waals surface area contributed by atoms with Crippen LogP contribution in [0.1, 0.15) is 32.6 Å². The van der Waals surface area contributed by atoms with E-state index >= 15 is 0 Å². The Labute approximate surface area is 84.2 Å². The third kappa shape index (κ3) is 1.91. The van der Waals surface area contributed by atoms with Gasteiger partial charge in [0.1, 0.15) is 0 Å². The van der Waals surface area contributed by atoms with E-state index in [0.717, 1.165) is 32.3 Å². The Morgan fingerprint density at radius 1 is 1.50 bits per heavy atom. The van der Waals surface area contributed by atoms with Crippen molar-refractivity contribution >= 4 is 5.91 Å². The largest absolute Gasteiger partial charge is 0.373 e. The first-order valence-electron chi connectivity index (χ1n) is 5.25. The number of hydrogen-bond acceptors (Lipinski definition) is 3. The normalized spacial score (nSPS) is 34.1. The van der Waals surface area contributed by atoms with Crippen molar-refractivity contribution in [3.8, 4) is 0 Å². The summed E-state index contributed by atoms with van der Waals surface area (Å²) >= 11 is 0. The lowest BCUT2D eigenvalue weighted by Gasteiger charge is -2.24. The van der Waals surface area contributed by atoms with E-state index in [1.54, 1.807) is 0 Å². The van der Waals surface area contributed by atoms with Crippen molar-refractivity contribution in [1.29, 1.82) is 0 Å². The number of amides is 1. The monoisotopic (exact) mass is 198 g/mol. The first-order valence-corrected chi connectivity index (χ1v) is 5.25. The van der Waals surface area contributed by atoms with Gasteiger partial charge in [-0.3, -0.25) is 4.79 Å². The van der Waals surface area contributed by atoms with Crippen LogP contribution in [0.3, 0.4) is 0 Å². The standard InChI is InChI=1S/C10H18N2O2/c1-9(3-2-6-14-9)7-12-8(13)10(11)4-5-10/h2-7,11H2,1H3,(H,12,13). The van der Waals surface area contributed by atoms with Crippen molar-refractivity contribution in [3.63, 3.8) is 0 Å². The highest BCUT2D eigenvalue weighted by Crippen LogP contribution is 2.32. The molecular formula is C10H18N2O2. The highest BCUT2D eigenvalue weighted by molar-refractivity contribution is 5.89. The van der Waals surface area contributed by atoms with Gasteiger partial charge in [-0.25, -0.2) is 0 Å². The van der Waals surface area contributed by atoms with Crippen LogP contribution < -0.4 is 11.1 Å². The molecule has 0 aromatic heterocycles. The highest BCUT2D eigenvalue weighted by Gasteiger charge is 2.46. The smallest absolute Gasteiger partial charge is 0.240 e. The molecule has 1 aliphatic heterocycles. The van der Waals surface area contributed by atoms with Gasteiger partial charge in [0, 0.05) is 13.2 Å². The molecule has 4 heteroatoms. The summed E-state index contributed by atoms with van der Waals surface area (Å²) in [4.78, 5) is 11.5. The Morgan fingerprint density at radius 3 is 2.71 bits per heavy atom. The van der Waals surface area contributed by atoms with E-state index in [0.29, 0.717) is 6.54 Å². The molecule has 0 bridgehead atoms. The van der Waals surface area contributed by atoms with Gasteiger partial charge in [0.2, 0.25) is 5.91 Å². The van der Waals surface area contributed by atoms with Crippen molar-refractivity contribution in [2.24, 2.45) is 5.73 Å². The van der Waals surface area contributed by atoms with Crippen molar-refractivity contribution in [3.05, 3.63) is 0 Å². The van der Waals surface area contributed by atoms with E-state index in [1.165, 1.54) is 0 Å². The molecule has 1 heterocycles. The maximum atomic E-state index is 11.5. The minimum atomic E-state index is -0.561. The molecule has 14 heavy (non-hydrogen) atoms. The minimum absolute atomic E-state index is 0.0192. The number of hydrogen-bond donors (Lipinski definition) is 2. The van der Waals surface area contributed by atoms with Crippen LogP contribution in [0.15, 0.2) is 0 Å². The van der Waals surface area contributed by atoms with E-state index in [2.05, 4.69) is 5.32 Å². The van der Waals surface area contributed by atoms with Gasteiger partial charge in [-0.2, -0.15) is 0 Å². The molecule has 1 saturated carbocycles. The Morgan fingerprint density at radius 2 is 2.21 bits per heavy atom. The molecule has 4 nitrogen and oxygen atoms in total. The second-order valence-corrected chi connectivity index (χ2v) is 4.74. The van der Waals surface area contributed by atoms with Crippen molar-refractivity contribution in [2.75, 3.05) is 13.2 Å². The third-order valence-corrected chi connectivity index (χ3v) is 3.16. The molecule has 0 aromatic carbocycles. The summed E-state index contributed by atoms with van der Waals surface area (Å²) in [5.74, 6) is -0.0192. The van der Waals surface area contributed by atoms with Crippen molar-refractivity contribution in [1.82, 2.24) is 5.32 Å². The number of rotatable bonds is 3. The van der Waals surface area contributed by atoms with Crippen LogP contribution in [0.4, 0.5) is 0 Å². The number of nitrogens with one attached hydrogen (secondary N) is 1. The number of nitrogens with two attached hydrogens (primary N) is 1. The molecule has 0 radical (unpaired) electrons. The van der Waals surface area contributed by atoms with Gasteiger partial charge in [0.05, 0.1) is 11.1 Å². The van der Waals surface area contributed by atoms with E-state index in [9.17, 15) is 4.79 Å². The average molecular weight is 198 g/mol. The minimum Gasteiger partial charge on any atom is -0.373 e. The van der Waals surface area contributed by atoms with Gasteiger partial charge in [-0.1, -0.05) is 0 Å². The molecule has 1 amide bonds. The van der Waals surface area contributed by atoms with Crippen LogP contribution in [0.5, 0.6) is 0 Å². The van der Waals surface area contributed by atoms with Crippen LogP contribution in [-0.4, -0.2) is 30.2 Å². The topological polar surface area (TPSA) is 64.4 Å². The molecule has 1 unspecified atom stereocenters. The van der Waals surface area contributed by atoms with Crippen LogP contribution in [0.2, 0.25) is 0 Å². The predicted octanol–water partition coefficient (Wildman–Crippen LogP) is 0.163. The summed E-state index contributed by atoms with van der Waals surface area (Å²) in [6.45, 7) is 3.43. The molecule has 0 aromatic rings. The van der Waals surface area contributed by atoms with E-state index in [1.807, 2.05) is 6.92 Å². The number of carbonyl (C=O) groups is 1. The van der Waals surface area contributed by atoms with Gasteiger partial charge in [0.25, 0.3) is 0 Å². The molecule has 1 atom stereocenters. The Hall–Kier alpha value is -0.610. The van der Waals surface area contributed by atoms with E-state index < -0.39 is 5.54 Å². The lowest BCUT2D eigenvalue weighted by Crippen LogP contribution is -2.48. The van der Waals surface area contributed by atoms with Crippen molar-refractivity contribution in [2.45, 2.75) is 43.7 Å². The van der Waals surface area contributed by atoms with Gasteiger partial charge < -0.3 is 15.8 Å². The molecule has 1 saturated heterocycles. The molecule has 3 N–H and O–H groups in total. The first-order chi connectivity index (χ1) is 6.54. The summed E-state index contributed by atoms with van der Waals surface area (Å²) in [5.41, 5.74) is 5.04. The summed E-state index contributed by atoms with van der Waals surface area (Å²) in [5, 5.41) is 2.88. The first kappa shape index (κ1) is 9.93. The quantitative estimate of drug-likeness (QED) is 0.679. The van der Waals surface area contributed by atoms with E-state index in [-0.39, 0.29) is 11.5 Å². The number of ether oxygens (including phenoxy) is 1. The summed E-state index contributed by atoms with van der Waals surface area (Å²) < 4.78 is 5.57. The predicted molar refractivity (Wildman–Crippen MR) is 52.8 cm³/mol. The maximum absolute atomic E-state index is 11.5. The fraction of sp³-hybridized carbons (Fsp3) is 0.900. The fourth-order valence-electron chi connectivity index (χ4n) is 1.78. The highest BCUT2D eigenvalue weighted by atomic mass is 16.5. The Bertz CT molecular complexity index is 243. The van der Waals surface area contributed by atoms with Gasteiger partial charge in [0.15, 0.2) is 0 Å². The van der Waals surface area contributed by atoms with Gasteiger partial charge in [-0.05, 0) is 32.6 Å². The molecule has 80 valence electrons. The van der Waals surface area contributed by atoms with Crippen molar-refractivity contribution < 1.29 is 9.53 Å². The average Bonchev–Trinajstić information content (AvgIpc) is 2.75. The maximum Gasteiger partial charge on any atom is 0.240 e. The molecule has 0 spiro atoms. The second-order valence-electron chi connectivity index (χ2n) is 4.74. The third-order valence-electron chi connectivity index (χ3n) is 3.16. The molecule has 2 aliphatic rings. The Kier molecular flexibility index (Phi) is 2.27. The van der Waals surface area contributed by atoms with Gasteiger partial charge in [-0.15, -0.1) is 0 Å². The zero-order valence-electron chi connectivity index (χ0n) is 8.64. The van der Waals surface area contributed by atoms with Crippen LogP contribution in [0.25, 0.3) is 0 Å². The zero-order chi connectivity index (χ0) is 10.2. The summed E-state index contributed by atoms with van der Waals surface area (Å²) in [6.07, 6.45) is 3.73. The summed E-state index contributed by atoms with van der Waals surface area (Å²) in [6, 6.07) is 0. The van der Waals surface area contributed by atoms with Crippen LogP contribution >= 0.6 is 0 Å². The second kappa shape index (κ2) is 3.21. The lowest BCUT2D eigenvalue weighted by molar-refractivity contribution is -0.124. The Balaban J connectivity index is 1.79. The molecular weight excluding hydrogens is 180 g/mol. The fourth-order valence-corrected chi connectivity index (χ4v) is 1.78. The van der Waals surface area contributed by atoms with Crippen LogP contribution in [0, 0.1) is 0 Å². The number of carbonyl (C=O) groups excluding carboxylic acids is 1. The van der Waals surface area contributed by atoms with E-state index in [4.69, 9.17) is 10.5 Å². The molecule has 2 fully saturated rings. The molecule has 1 aliphatic carbocycles. The SMILES string of the molecule is CC1(CNC(=O)C2(N)CC2)CCCO1. The lowest BCUT2D eigenvalue weighted by atomic mass is 10.0. The van der Waals surface area contributed by atoms with Crippen LogP contribution in [-0.2, 0) is 9.53 Å². The summed E-state index contributed by atoms with van der Waals surface area (Å²) in [7, 11) is 0. The zero-order valence-corrected chi connectivity index (χ0v) is 8.64. The van der Waals surface area contributed by atoms with Gasteiger partial charge >= 0.3 is 0 Å².